The number of hydrogen-bond acceptors (Lipinski definition) is 8. The van der Waals surface area contributed by atoms with Crippen molar-refractivity contribution in [1.82, 2.24) is 24.6 Å². The van der Waals surface area contributed by atoms with Gasteiger partial charge in [0.25, 0.3) is 0 Å². The van der Waals surface area contributed by atoms with E-state index >= 15 is 4.39 Å². The highest BCUT2D eigenvalue weighted by atomic mass is 19.1. The van der Waals surface area contributed by atoms with Crippen molar-refractivity contribution < 1.29 is 14.3 Å². The van der Waals surface area contributed by atoms with Crippen LogP contribution in [0.25, 0.3) is 21.9 Å². The summed E-state index contributed by atoms with van der Waals surface area (Å²) in [6, 6.07) is 5.44. The molecule has 1 aromatic carbocycles. The van der Waals surface area contributed by atoms with E-state index in [9.17, 15) is 9.90 Å². The van der Waals surface area contributed by atoms with Crippen molar-refractivity contribution in [2.45, 2.75) is 32.4 Å². The largest absolute Gasteiger partial charge is 0.396 e. The summed E-state index contributed by atoms with van der Waals surface area (Å²) in [5, 5.41) is 22.5. The van der Waals surface area contributed by atoms with E-state index in [-0.39, 0.29) is 18.1 Å². The molecule has 0 spiro atoms. The molecule has 1 unspecified atom stereocenters. The molecule has 0 radical (unpaired) electrons. The summed E-state index contributed by atoms with van der Waals surface area (Å²) in [4.78, 5) is 22.7. The van der Waals surface area contributed by atoms with Crippen LogP contribution in [0.4, 0.5) is 27.4 Å². The van der Waals surface area contributed by atoms with E-state index in [0.717, 1.165) is 16.9 Å². The smallest absolute Gasteiger partial charge is 0.244 e. The van der Waals surface area contributed by atoms with E-state index in [1.165, 1.54) is 6.20 Å². The Morgan fingerprint density at radius 3 is 2.86 bits per heavy atom. The average Bonchev–Trinajstić information content (AvgIpc) is 3.20. The first-order valence-electron chi connectivity index (χ1n) is 12.2. The van der Waals surface area contributed by atoms with Crippen LogP contribution in [0.2, 0.25) is 0 Å². The maximum atomic E-state index is 15.5. The van der Waals surface area contributed by atoms with Gasteiger partial charge in [-0.1, -0.05) is 0 Å². The third-order valence-electron chi connectivity index (χ3n) is 7.23. The molecule has 0 saturated heterocycles. The number of nitrogens with two attached hydrogens (primary N) is 1. The second-order valence-corrected chi connectivity index (χ2v) is 9.60. The second kappa shape index (κ2) is 8.70. The number of nitrogen functional groups attached to an aromatic ring is 1. The highest BCUT2D eigenvalue weighted by Gasteiger charge is 2.24. The zero-order chi connectivity index (χ0) is 25.8. The lowest BCUT2D eigenvalue weighted by molar-refractivity contribution is -0.130. The third-order valence-corrected chi connectivity index (χ3v) is 7.23. The number of halogens is 1. The van der Waals surface area contributed by atoms with Gasteiger partial charge in [0.15, 0.2) is 11.6 Å². The lowest BCUT2D eigenvalue weighted by atomic mass is 9.94. The average molecular weight is 503 g/mol. The van der Waals surface area contributed by atoms with Crippen molar-refractivity contribution in [2.75, 3.05) is 36.5 Å². The Bertz CT molecular complexity index is 1570. The van der Waals surface area contributed by atoms with E-state index < -0.39 is 11.9 Å². The fraction of sp³-hybridized carbons (Fsp3) is 0.308. The molecule has 37 heavy (non-hydrogen) atoms. The van der Waals surface area contributed by atoms with Crippen LogP contribution in [0.1, 0.15) is 29.5 Å². The van der Waals surface area contributed by atoms with E-state index in [1.54, 1.807) is 35.0 Å². The SMILES string of the molecule is Cc1c(-c2cc3cc(Nc4cc5n(n4)CC(=O)N(C)CC5)ncc3c(N)c2F)cnc2c1NCCC2O. The minimum atomic E-state index is -0.646. The third kappa shape index (κ3) is 3.91. The number of aliphatic hydroxyl groups excluding tert-OH is 1. The van der Waals surface area contributed by atoms with Gasteiger partial charge in [0.1, 0.15) is 12.4 Å². The molecule has 11 heteroatoms. The van der Waals surface area contributed by atoms with E-state index in [0.29, 0.717) is 65.2 Å². The lowest BCUT2D eigenvalue weighted by Crippen LogP contribution is -2.29. The molecule has 3 aromatic heterocycles. The van der Waals surface area contributed by atoms with Crippen molar-refractivity contribution in [3.05, 3.63) is 53.4 Å². The number of carbonyl (C=O) groups is 1. The Hall–Kier alpha value is -4.25. The number of rotatable bonds is 3. The van der Waals surface area contributed by atoms with Crippen LogP contribution >= 0.6 is 0 Å². The number of likely N-dealkylation sites (N-methyl/N-ethyl adjacent to an activating group) is 1. The number of aromatic nitrogens is 4. The molecule has 0 saturated carbocycles. The molecule has 0 fully saturated rings. The van der Waals surface area contributed by atoms with Gasteiger partial charge < -0.3 is 26.4 Å². The Balaban J connectivity index is 1.37. The van der Waals surface area contributed by atoms with Gasteiger partial charge in [-0.05, 0) is 36.4 Å². The van der Waals surface area contributed by atoms with Gasteiger partial charge in [-0.2, -0.15) is 5.10 Å². The summed E-state index contributed by atoms with van der Waals surface area (Å²) < 4.78 is 17.2. The molecule has 2 aliphatic heterocycles. The van der Waals surface area contributed by atoms with Crippen LogP contribution in [0.15, 0.2) is 30.6 Å². The minimum absolute atomic E-state index is 0.00741. The Morgan fingerprint density at radius 1 is 1.19 bits per heavy atom. The number of carbonyl (C=O) groups excluding carboxylic acids is 1. The normalized spacial score (nSPS) is 17.2. The molecule has 0 aliphatic carbocycles. The summed E-state index contributed by atoms with van der Waals surface area (Å²) in [7, 11) is 1.79. The number of nitrogens with zero attached hydrogens (tertiary/aromatic N) is 5. The number of nitrogens with one attached hydrogen (secondary N) is 2. The molecule has 10 nitrogen and oxygen atoms in total. The molecule has 2 aliphatic rings. The van der Waals surface area contributed by atoms with E-state index in [4.69, 9.17) is 5.73 Å². The maximum absolute atomic E-state index is 15.5. The first-order valence-corrected chi connectivity index (χ1v) is 12.2. The van der Waals surface area contributed by atoms with Crippen LogP contribution < -0.4 is 16.4 Å². The summed E-state index contributed by atoms with van der Waals surface area (Å²) in [5.41, 5.74) is 10.2. The quantitative estimate of drug-likeness (QED) is 0.314. The van der Waals surface area contributed by atoms with Crippen LogP contribution in [-0.4, -0.2) is 55.8 Å². The fourth-order valence-corrected chi connectivity index (χ4v) is 5.04. The molecule has 6 rings (SSSR count). The van der Waals surface area contributed by atoms with Crippen LogP contribution in [-0.2, 0) is 17.8 Å². The van der Waals surface area contributed by atoms with E-state index in [1.807, 2.05) is 13.0 Å². The molecule has 0 bridgehead atoms. The number of fused-ring (bicyclic) bond motifs is 3. The monoisotopic (exact) mass is 502 g/mol. The minimum Gasteiger partial charge on any atom is -0.396 e. The molecule has 5 heterocycles. The number of benzene rings is 1. The van der Waals surface area contributed by atoms with Crippen LogP contribution in [0, 0.1) is 12.7 Å². The van der Waals surface area contributed by atoms with Gasteiger partial charge in [0.05, 0.1) is 23.2 Å². The van der Waals surface area contributed by atoms with Gasteiger partial charge in [0, 0.05) is 67.2 Å². The Labute approximate surface area is 212 Å². The van der Waals surface area contributed by atoms with Crippen LogP contribution in [0.5, 0.6) is 0 Å². The maximum Gasteiger partial charge on any atom is 0.244 e. The highest BCUT2D eigenvalue weighted by molar-refractivity contribution is 5.98. The summed E-state index contributed by atoms with van der Waals surface area (Å²) in [5.74, 6) is 0.572. The Morgan fingerprint density at radius 2 is 2.03 bits per heavy atom. The first-order chi connectivity index (χ1) is 17.8. The molecule has 1 amide bonds. The van der Waals surface area contributed by atoms with Gasteiger partial charge >= 0.3 is 0 Å². The predicted octanol–water partition coefficient (Wildman–Crippen LogP) is 3.13. The van der Waals surface area contributed by atoms with Crippen molar-refractivity contribution in [2.24, 2.45) is 0 Å². The number of aliphatic hydroxyl groups is 1. The van der Waals surface area contributed by atoms with Gasteiger partial charge in [-0.3, -0.25) is 14.5 Å². The zero-order valence-corrected chi connectivity index (χ0v) is 20.5. The summed E-state index contributed by atoms with van der Waals surface area (Å²) in [6.45, 7) is 3.33. The topological polar surface area (TPSA) is 134 Å². The van der Waals surface area contributed by atoms with Crippen molar-refractivity contribution >= 4 is 39.7 Å². The zero-order valence-electron chi connectivity index (χ0n) is 20.5. The number of anilines is 4. The lowest BCUT2D eigenvalue weighted by Gasteiger charge is -2.25. The standard InChI is InChI=1S/C26H27FN8O2/c1-13-17(10-31-26-19(36)3-5-29-25(13)26)16-7-14-8-20(30-11-18(14)24(28)23(16)27)32-21-9-15-4-6-34(2)22(37)12-35(15)33-21/h7-11,19,29,36H,3-6,12,28H2,1-2H3,(H,30,32,33). The van der Waals surface area contributed by atoms with Gasteiger partial charge in [-0.15, -0.1) is 0 Å². The molecule has 190 valence electrons. The number of hydrogen-bond donors (Lipinski definition) is 4. The van der Waals surface area contributed by atoms with Crippen molar-refractivity contribution in [3.63, 3.8) is 0 Å². The number of pyridine rings is 2. The molecule has 1 atom stereocenters. The van der Waals surface area contributed by atoms with E-state index in [2.05, 4.69) is 25.7 Å². The molecule has 4 aromatic rings. The highest BCUT2D eigenvalue weighted by Crippen LogP contribution is 2.40. The predicted molar refractivity (Wildman–Crippen MR) is 139 cm³/mol. The molecular formula is C26H27FN8O2. The molecular weight excluding hydrogens is 475 g/mol. The van der Waals surface area contributed by atoms with Gasteiger partial charge in [0.2, 0.25) is 5.91 Å². The van der Waals surface area contributed by atoms with Crippen molar-refractivity contribution in [3.8, 4) is 11.1 Å². The fourth-order valence-electron chi connectivity index (χ4n) is 5.04. The first kappa shape index (κ1) is 23.2. The molecule has 5 N–H and O–H groups in total. The summed E-state index contributed by atoms with van der Waals surface area (Å²) in [6.07, 6.45) is 3.76. The number of amides is 1. The van der Waals surface area contributed by atoms with Crippen molar-refractivity contribution in [1.29, 1.82) is 0 Å². The summed E-state index contributed by atoms with van der Waals surface area (Å²) >= 11 is 0. The van der Waals surface area contributed by atoms with Crippen LogP contribution in [0.3, 0.4) is 0 Å². The Kier molecular flexibility index (Phi) is 5.45. The van der Waals surface area contributed by atoms with Gasteiger partial charge in [-0.25, -0.2) is 9.37 Å². The second-order valence-electron chi connectivity index (χ2n) is 9.60.